The average Bonchev–Trinajstić information content (AvgIpc) is 2.95. The van der Waals surface area contributed by atoms with E-state index in [0.29, 0.717) is 11.3 Å². The van der Waals surface area contributed by atoms with Crippen LogP contribution in [-0.4, -0.2) is 23.2 Å². The molecule has 1 unspecified atom stereocenters. The summed E-state index contributed by atoms with van der Waals surface area (Å²) in [5.74, 6) is 1.72. The minimum Gasteiger partial charge on any atom is -0.390 e. The highest BCUT2D eigenvalue weighted by Crippen LogP contribution is 2.37. The topological polar surface area (TPSA) is 36.4 Å². The zero-order valence-corrected chi connectivity index (χ0v) is 13.1. The molecule has 3 heteroatoms. The molecule has 1 aliphatic rings. The third-order valence-electron chi connectivity index (χ3n) is 4.65. The van der Waals surface area contributed by atoms with Crippen molar-refractivity contribution in [3.05, 3.63) is 36.0 Å². The van der Waals surface area contributed by atoms with Crippen molar-refractivity contribution in [3.8, 4) is 0 Å². The number of aliphatic hydroxyl groups excluding tert-OH is 1. The van der Waals surface area contributed by atoms with E-state index in [1.54, 1.807) is 0 Å². The number of benzene rings is 1. The van der Waals surface area contributed by atoms with Crippen LogP contribution in [0.5, 0.6) is 0 Å². The fourth-order valence-corrected chi connectivity index (χ4v) is 3.22. The van der Waals surface area contributed by atoms with E-state index in [1.165, 1.54) is 11.8 Å². The molecule has 1 saturated heterocycles. The normalized spacial score (nSPS) is 19.4. The second-order valence-corrected chi connectivity index (χ2v) is 7.11. The Balaban J connectivity index is 2.00. The second-order valence-electron chi connectivity index (χ2n) is 7.11. The Morgan fingerprint density at radius 2 is 2.05 bits per heavy atom. The van der Waals surface area contributed by atoms with Crippen LogP contribution in [0.2, 0.25) is 0 Å². The average molecular weight is 284 g/mol. The molecule has 1 aliphatic heterocycles. The van der Waals surface area contributed by atoms with Crippen LogP contribution in [0.1, 0.15) is 32.9 Å². The molecule has 1 N–H and O–H groups in total. The van der Waals surface area contributed by atoms with Crippen LogP contribution in [0.4, 0.5) is 5.82 Å². The number of anilines is 1. The summed E-state index contributed by atoms with van der Waals surface area (Å²) in [6.07, 6.45) is 1.21. The van der Waals surface area contributed by atoms with E-state index >= 15 is 0 Å². The Morgan fingerprint density at radius 1 is 1.29 bits per heavy atom. The van der Waals surface area contributed by atoms with Crippen LogP contribution in [0.15, 0.2) is 30.3 Å². The smallest absolute Gasteiger partial charge is 0.136 e. The number of pyridine rings is 1. The summed E-state index contributed by atoms with van der Waals surface area (Å²) < 4.78 is 0. The Kier molecular flexibility index (Phi) is 3.62. The summed E-state index contributed by atoms with van der Waals surface area (Å²) in [5, 5.41) is 11.8. The van der Waals surface area contributed by atoms with E-state index in [4.69, 9.17) is 4.98 Å². The van der Waals surface area contributed by atoms with E-state index in [1.807, 2.05) is 12.1 Å². The number of rotatable bonds is 2. The number of aromatic nitrogens is 1. The maximum Gasteiger partial charge on any atom is 0.136 e. The lowest BCUT2D eigenvalue weighted by Gasteiger charge is -2.27. The molecule has 0 radical (unpaired) electrons. The van der Waals surface area contributed by atoms with Gasteiger partial charge in [-0.2, -0.15) is 0 Å². The van der Waals surface area contributed by atoms with Crippen LogP contribution in [0.25, 0.3) is 10.8 Å². The molecule has 0 aliphatic carbocycles. The second kappa shape index (κ2) is 5.30. The van der Waals surface area contributed by atoms with Gasteiger partial charge in [-0.3, -0.25) is 0 Å². The molecule has 3 rings (SSSR count). The summed E-state index contributed by atoms with van der Waals surface area (Å²) in [7, 11) is 0. The number of fused-ring (bicyclic) bond motifs is 1. The lowest BCUT2D eigenvalue weighted by Crippen LogP contribution is -2.26. The summed E-state index contributed by atoms with van der Waals surface area (Å²) in [6, 6.07) is 10.3. The molecular weight excluding hydrogens is 260 g/mol. The number of nitrogens with zero attached hydrogens (tertiary/aromatic N) is 2. The van der Waals surface area contributed by atoms with Crippen molar-refractivity contribution >= 4 is 16.6 Å². The zero-order chi connectivity index (χ0) is 15.0. The molecule has 2 aromatic rings. The Labute approximate surface area is 126 Å². The molecule has 1 atom stereocenters. The van der Waals surface area contributed by atoms with Crippen LogP contribution in [0.3, 0.4) is 0 Å². The SMILES string of the molecule is CC(C)(C)C1CCN(c2nc(CO)cc3ccccc23)C1. The highest BCUT2D eigenvalue weighted by atomic mass is 16.3. The summed E-state index contributed by atoms with van der Waals surface area (Å²) in [4.78, 5) is 7.08. The van der Waals surface area contributed by atoms with Crippen LogP contribution >= 0.6 is 0 Å². The van der Waals surface area contributed by atoms with Crippen molar-refractivity contribution in [2.45, 2.75) is 33.8 Å². The van der Waals surface area contributed by atoms with E-state index in [0.717, 1.165) is 30.0 Å². The highest BCUT2D eigenvalue weighted by Gasteiger charge is 2.32. The van der Waals surface area contributed by atoms with E-state index in [-0.39, 0.29) is 6.61 Å². The van der Waals surface area contributed by atoms with Gasteiger partial charge < -0.3 is 10.0 Å². The van der Waals surface area contributed by atoms with Gasteiger partial charge in [0.05, 0.1) is 12.3 Å². The van der Waals surface area contributed by atoms with E-state index in [9.17, 15) is 5.11 Å². The van der Waals surface area contributed by atoms with Crippen molar-refractivity contribution in [1.82, 2.24) is 4.98 Å². The van der Waals surface area contributed by atoms with Crippen LogP contribution in [0, 0.1) is 11.3 Å². The molecular formula is C18H24N2O. The molecule has 1 aromatic heterocycles. The summed E-state index contributed by atoms with van der Waals surface area (Å²) >= 11 is 0. The number of hydrogen-bond donors (Lipinski definition) is 1. The maximum atomic E-state index is 9.46. The molecule has 1 aromatic carbocycles. The Hall–Kier alpha value is -1.61. The molecule has 112 valence electrons. The minimum atomic E-state index is -0.00558. The highest BCUT2D eigenvalue weighted by molar-refractivity contribution is 5.92. The molecule has 1 fully saturated rings. The van der Waals surface area contributed by atoms with Gasteiger partial charge in [-0.1, -0.05) is 45.0 Å². The van der Waals surface area contributed by atoms with Crippen molar-refractivity contribution in [2.75, 3.05) is 18.0 Å². The van der Waals surface area contributed by atoms with Crippen molar-refractivity contribution in [1.29, 1.82) is 0 Å². The van der Waals surface area contributed by atoms with Crippen LogP contribution < -0.4 is 4.90 Å². The first kappa shape index (κ1) is 14.3. The lowest BCUT2D eigenvalue weighted by molar-refractivity contribution is 0.263. The number of aliphatic hydroxyl groups is 1. The maximum absolute atomic E-state index is 9.46. The van der Waals surface area contributed by atoms with Gasteiger partial charge in [-0.05, 0) is 29.2 Å². The predicted molar refractivity (Wildman–Crippen MR) is 87.4 cm³/mol. The molecule has 0 saturated carbocycles. The van der Waals surface area contributed by atoms with Gasteiger partial charge in [-0.25, -0.2) is 4.98 Å². The van der Waals surface area contributed by atoms with Crippen LogP contribution in [-0.2, 0) is 6.61 Å². The molecule has 0 amide bonds. The van der Waals surface area contributed by atoms with Gasteiger partial charge >= 0.3 is 0 Å². The Morgan fingerprint density at radius 3 is 2.71 bits per heavy atom. The van der Waals surface area contributed by atoms with Crippen molar-refractivity contribution < 1.29 is 5.11 Å². The molecule has 0 bridgehead atoms. The summed E-state index contributed by atoms with van der Waals surface area (Å²) in [5.41, 5.74) is 1.09. The molecule has 0 spiro atoms. The quantitative estimate of drug-likeness (QED) is 0.915. The molecule has 3 nitrogen and oxygen atoms in total. The largest absolute Gasteiger partial charge is 0.390 e. The van der Waals surface area contributed by atoms with Gasteiger partial charge in [0.1, 0.15) is 5.82 Å². The third kappa shape index (κ3) is 2.75. The molecule has 21 heavy (non-hydrogen) atoms. The lowest BCUT2D eigenvalue weighted by atomic mass is 9.80. The first-order valence-corrected chi connectivity index (χ1v) is 7.73. The van der Waals surface area contributed by atoms with Gasteiger partial charge in [0, 0.05) is 18.5 Å². The third-order valence-corrected chi connectivity index (χ3v) is 4.65. The van der Waals surface area contributed by atoms with Gasteiger partial charge in [-0.15, -0.1) is 0 Å². The first-order valence-electron chi connectivity index (χ1n) is 7.73. The fraction of sp³-hybridized carbons (Fsp3) is 0.500. The monoisotopic (exact) mass is 284 g/mol. The molecule has 2 heterocycles. The van der Waals surface area contributed by atoms with Gasteiger partial charge in [0.15, 0.2) is 0 Å². The van der Waals surface area contributed by atoms with E-state index in [2.05, 4.69) is 43.9 Å². The summed E-state index contributed by atoms with van der Waals surface area (Å²) in [6.45, 7) is 9.04. The standard InChI is InChI=1S/C18H24N2O/c1-18(2,3)14-8-9-20(11-14)17-16-7-5-4-6-13(16)10-15(12-21)19-17/h4-7,10,14,21H,8-9,11-12H2,1-3H3. The predicted octanol–water partition coefficient (Wildman–Crippen LogP) is 3.60. The van der Waals surface area contributed by atoms with Gasteiger partial charge in [0.25, 0.3) is 0 Å². The van der Waals surface area contributed by atoms with E-state index < -0.39 is 0 Å². The first-order chi connectivity index (χ1) is 9.99. The minimum absolute atomic E-state index is 0.00558. The van der Waals surface area contributed by atoms with Crippen molar-refractivity contribution in [3.63, 3.8) is 0 Å². The number of hydrogen-bond acceptors (Lipinski definition) is 3. The Bertz CT molecular complexity index is 645. The zero-order valence-electron chi connectivity index (χ0n) is 13.1. The van der Waals surface area contributed by atoms with Gasteiger partial charge in [0.2, 0.25) is 0 Å². The fourth-order valence-electron chi connectivity index (χ4n) is 3.22. The van der Waals surface area contributed by atoms with Crippen molar-refractivity contribution in [2.24, 2.45) is 11.3 Å².